The first-order valence-corrected chi connectivity index (χ1v) is 6.83. The molecule has 0 heterocycles. The summed E-state index contributed by atoms with van der Waals surface area (Å²) in [7, 11) is 1.58. The number of rotatable bonds is 5. The van der Waals surface area contributed by atoms with Crippen LogP contribution in [0.25, 0.3) is 0 Å². The van der Waals surface area contributed by atoms with Gasteiger partial charge in [0.15, 0.2) is 0 Å². The molecule has 0 aliphatic heterocycles. The van der Waals surface area contributed by atoms with Gasteiger partial charge < -0.3 is 15.2 Å². The highest BCUT2D eigenvalue weighted by Crippen LogP contribution is 2.28. The minimum atomic E-state index is 0.0113. The number of aromatic hydroxyl groups is 1. The Balaban J connectivity index is 2.05. The van der Waals surface area contributed by atoms with Gasteiger partial charge in [0.25, 0.3) is 0 Å². The molecule has 2 rings (SSSR count). The van der Waals surface area contributed by atoms with Gasteiger partial charge in [-0.2, -0.15) is 0 Å². The van der Waals surface area contributed by atoms with Gasteiger partial charge in [-0.15, -0.1) is 0 Å². The highest BCUT2D eigenvalue weighted by atomic mass is 35.5. The summed E-state index contributed by atoms with van der Waals surface area (Å²) >= 11 is 6.12. The molecular weight excluding hydrogens is 274 g/mol. The summed E-state index contributed by atoms with van der Waals surface area (Å²) in [5, 5.41) is 14.1. The molecule has 0 amide bonds. The zero-order valence-electron chi connectivity index (χ0n) is 11.6. The molecule has 0 saturated heterocycles. The van der Waals surface area contributed by atoms with Gasteiger partial charge in [-0.3, -0.25) is 0 Å². The molecule has 0 aliphatic rings. The van der Waals surface area contributed by atoms with Crippen LogP contribution in [0.5, 0.6) is 11.5 Å². The summed E-state index contributed by atoms with van der Waals surface area (Å²) in [6, 6.07) is 13.0. The highest BCUT2D eigenvalue weighted by Gasteiger charge is 2.11. The molecule has 0 aromatic heterocycles. The second kappa shape index (κ2) is 6.64. The lowest BCUT2D eigenvalue weighted by Crippen LogP contribution is -2.18. The van der Waals surface area contributed by atoms with Crippen molar-refractivity contribution in [2.24, 2.45) is 0 Å². The van der Waals surface area contributed by atoms with Gasteiger partial charge in [-0.05, 0) is 24.6 Å². The number of phenolic OH excluding ortho intramolecular Hbond substituents is 1. The molecule has 0 radical (unpaired) electrons. The van der Waals surface area contributed by atoms with Gasteiger partial charge in [0.05, 0.1) is 7.11 Å². The van der Waals surface area contributed by atoms with Crippen molar-refractivity contribution in [3.63, 3.8) is 0 Å². The van der Waals surface area contributed by atoms with Crippen molar-refractivity contribution in [3.05, 3.63) is 58.6 Å². The van der Waals surface area contributed by atoms with Gasteiger partial charge in [0, 0.05) is 29.2 Å². The number of hydrogen-bond acceptors (Lipinski definition) is 3. The van der Waals surface area contributed by atoms with Crippen molar-refractivity contribution in [2.45, 2.75) is 19.5 Å². The molecule has 0 fully saturated rings. The first-order chi connectivity index (χ1) is 9.61. The fourth-order valence-electron chi connectivity index (χ4n) is 2.03. The van der Waals surface area contributed by atoms with Crippen LogP contribution < -0.4 is 10.1 Å². The minimum Gasteiger partial charge on any atom is -0.507 e. The number of ether oxygens (including phenoxy) is 1. The monoisotopic (exact) mass is 291 g/mol. The second-order valence-corrected chi connectivity index (χ2v) is 5.03. The SMILES string of the molecule is COc1ccc(C(C)NCc2ccccc2Cl)c(O)c1. The molecule has 0 spiro atoms. The second-order valence-electron chi connectivity index (χ2n) is 4.62. The van der Waals surface area contributed by atoms with Gasteiger partial charge in [0.1, 0.15) is 11.5 Å². The minimum absolute atomic E-state index is 0.0113. The molecule has 2 aromatic carbocycles. The van der Waals surface area contributed by atoms with E-state index in [1.54, 1.807) is 13.2 Å². The smallest absolute Gasteiger partial charge is 0.124 e. The van der Waals surface area contributed by atoms with Crippen molar-refractivity contribution >= 4 is 11.6 Å². The predicted octanol–water partition coefficient (Wildman–Crippen LogP) is 3.91. The first kappa shape index (κ1) is 14.7. The lowest BCUT2D eigenvalue weighted by Gasteiger charge is -2.16. The van der Waals surface area contributed by atoms with E-state index in [9.17, 15) is 5.11 Å². The van der Waals surface area contributed by atoms with Crippen LogP contribution in [0.15, 0.2) is 42.5 Å². The standard InChI is InChI=1S/C16H18ClNO2/c1-11(14-8-7-13(20-2)9-16(14)19)18-10-12-5-3-4-6-15(12)17/h3-9,11,18-19H,10H2,1-2H3. The molecule has 2 aromatic rings. The van der Waals surface area contributed by atoms with Crippen molar-refractivity contribution in [1.29, 1.82) is 0 Å². The van der Waals surface area contributed by atoms with Crippen LogP contribution in [-0.2, 0) is 6.54 Å². The summed E-state index contributed by atoms with van der Waals surface area (Å²) < 4.78 is 5.08. The van der Waals surface area contributed by atoms with Crippen molar-refractivity contribution in [3.8, 4) is 11.5 Å². The van der Waals surface area contributed by atoms with Crippen LogP contribution in [0.1, 0.15) is 24.1 Å². The maximum atomic E-state index is 10.00. The maximum absolute atomic E-state index is 10.00. The maximum Gasteiger partial charge on any atom is 0.124 e. The number of hydrogen-bond donors (Lipinski definition) is 2. The summed E-state index contributed by atoms with van der Waals surface area (Å²) in [5.41, 5.74) is 1.87. The molecular formula is C16H18ClNO2. The van der Waals surface area contributed by atoms with Gasteiger partial charge in [-0.1, -0.05) is 35.9 Å². The van der Waals surface area contributed by atoms with E-state index in [0.29, 0.717) is 12.3 Å². The van der Waals surface area contributed by atoms with Crippen LogP contribution in [0.2, 0.25) is 5.02 Å². The Kier molecular flexibility index (Phi) is 4.88. The molecule has 20 heavy (non-hydrogen) atoms. The normalized spacial score (nSPS) is 12.2. The molecule has 0 aliphatic carbocycles. The van der Waals surface area contributed by atoms with Crippen LogP contribution in [0.3, 0.4) is 0 Å². The Labute approximate surface area is 124 Å². The number of benzene rings is 2. The molecule has 0 bridgehead atoms. The van der Waals surface area contributed by atoms with Crippen LogP contribution in [0.4, 0.5) is 0 Å². The third kappa shape index (κ3) is 3.44. The third-order valence-electron chi connectivity index (χ3n) is 3.26. The van der Waals surface area contributed by atoms with Crippen LogP contribution >= 0.6 is 11.6 Å². The molecule has 3 nitrogen and oxygen atoms in total. The van der Waals surface area contributed by atoms with Gasteiger partial charge >= 0.3 is 0 Å². The highest BCUT2D eigenvalue weighted by molar-refractivity contribution is 6.31. The number of phenols is 1. The van der Waals surface area contributed by atoms with Gasteiger partial charge in [-0.25, -0.2) is 0 Å². The average molecular weight is 292 g/mol. The van der Waals surface area contributed by atoms with Crippen LogP contribution in [0, 0.1) is 0 Å². The van der Waals surface area contributed by atoms with E-state index in [2.05, 4.69) is 5.32 Å². The van der Waals surface area contributed by atoms with E-state index in [-0.39, 0.29) is 11.8 Å². The largest absolute Gasteiger partial charge is 0.507 e. The quantitative estimate of drug-likeness (QED) is 0.878. The Morgan fingerprint density at radius 1 is 1.25 bits per heavy atom. The Morgan fingerprint density at radius 2 is 2.00 bits per heavy atom. The number of halogens is 1. The molecule has 0 saturated carbocycles. The van der Waals surface area contributed by atoms with Crippen molar-refractivity contribution < 1.29 is 9.84 Å². The average Bonchev–Trinajstić information content (AvgIpc) is 2.46. The Morgan fingerprint density at radius 3 is 2.65 bits per heavy atom. The molecule has 1 atom stereocenters. The topological polar surface area (TPSA) is 41.5 Å². The summed E-state index contributed by atoms with van der Waals surface area (Å²) in [6.45, 7) is 2.64. The Hall–Kier alpha value is -1.71. The zero-order chi connectivity index (χ0) is 14.5. The van der Waals surface area contributed by atoms with E-state index in [1.807, 2.05) is 43.3 Å². The number of methoxy groups -OCH3 is 1. The van der Waals surface area contributed by atoms with E-state index in [4.69, 9.17) is 16.3 Å². The lowest BCUT2D eigenvalue weighted by molar-refractivity contribution is 0.404. The molecule has 2 N–H and O–H groups in total. The predicted molar refractivity (Wildman–Crippen MR) is 81.4 cm³/mol. The lowest BCUT2D eigenvalue weighted by atomic mass is 10.1. The van der Waals surface area contributed by atoms with Crippen LogP contribution in [-0.4, -0.2) is 12.2 Å². The molecule has 106 valence electrons. The fraction of sp³-hybridized carbons (Fsp3) is 0.250. The van der Waals surface area contributed by atoms with E-state index in [0.717, 1.165) is 16.1 Å². The molecule has 4 heteroatoms. The third-order valence-corrected chi connectivity index (χ3v) is 3.63. The van der Waals surface area contributed by atoms with E-state index in [1.165, 1.54) is 0 Å². The fourth-order valence-corrected chi connectivity index (χ4v) is 2.23. The van der Waals surface area contributed by atoms with E-state index < -0.39 is 0 Å². The molecule has 1 unspecified atom stereocenters. The first-order valence-electron chi connectivity index (χ1n) is 6.45. The van der Waals surface area contributed by atoms with Crippen molar-refractivity contribution in [2.75, 3.05) is 7.11 Å². The number of nitrogens with one attached hydrogen (secondary N) is 1. The summed E-state index contributed by atoms with van der Waals surface area (Å²) in [6.07, 6.45) is 0. The van der Waals surface area contributed by atoms with E-state index >= 15 is 0 Å². The summed E-state index contributed by atoms with van der Waals surface area (Å²) in [5.74, 6) is 0.869. The van der Waals surface area contributed by atoms with Gasteiger partial charge in [0.2, 0.25) is 0 Å². The summed E-state index contributed by atoms with van der Waals surface area (Å²) in [4.78, 5) is 0. The van der Waals surface area contributed by atoms with Crippen molar-refractivity contribution in [1.82, 2.24) is 5.32 Å². The zero-order valence-corrected chi connectivity index (χ0v) is 12.3. The Bertz CT molecular complexity index is 586.